The first-order chi connectivity index (χ1) is 16.0. The van der Waals surface area contributed by atoms with Crippen molar-refractivity contribution in [2.45, 2.75) is 56.3 Å². The highest BCUT2D eigenvalue weighted by molar-refractivity contribution is 7.99. The zero-order valence-electron chi connectivity index (χ0n) is 19.5. The molecule has 1 aliphatic heterocycles. The molecule has 2 heterocycles. The number of thioether (sulfide) groups is 1. The lowest BCUT2D eigenvalue weighted by Gasteiger charge is -2.37. The minimum atomic E-state index is -0.707. The number of aliphatic hydroxyl groups excluding tert-OH is 1. The molecule has 7 heteroatoms. The van der Waals surface area contributed by atoms with Crippen LogP contribution in [0.15, 0.2) is 30.5 Å². The maximum absolute atomic E-state index is 12.0. The van der Waals surface area contributed by atoms with Gasteiger partial charge < -0.3 is 19.8 Å². The first kappa shape index (κ1) is 24.3. The predicted molar refractivity (Wildman–Crippen MR) is 133 cm³/mol. The summed E-state index contributed by atoms with van der Waals surface area (Å²) in [6.07, 6.45) is 8.59. The molecular weight excluding hydrogens is 436 g/mol. The molecule has 0 radical (unpaired) electrons. The number of aromatic nitrogens is 1. The summed E-state index contributed by atoms with van der Waals surface area (Å²) >= 11 is 2.07. The molecule has 2 aliphatic rings. The van der Waals surface area contributed by atoms with Crippen LogP contribution in [0.3, 0.4) is 0 Å². The van der Waals surface area contributed by atoms with E-state index in [9.17, 15) is 15.0 Å². The molecule has 2 N–H and O–H groups in total. The number of hydrogen-bond donors (Lipinski definition) is 2. The summed E-state index contributed by atoms with van der Waals surface area (Å²) in [7, 11) is 1.62. The summed E-state index contributed by atoms with van der Waals surface area (Å²) in [4.78, 5) is 18.8. The number of likely N-dealkylation sites (tertiary alicyclic amines) is 1. The molecule has 2 fully saturated rings. The second-order valence-electron chi connectivity index (χ2n) is 9.45. The molecule has 1 aromatic carbocycles. The van der Waals surface area contributed by atoms with Crippen molar-refractivity contribution in [3.05, 3.63) is 36.0 Å². The third-order valence-corrected chi connectivity index (χ3v) is 8.73. The van der Waals surface area contributed by atoms with Crippen LogP contribution in [-0.4, -0.2) is 63.8 Å². The first-order valence-corrected chi connectivity index (χ1v) is 13.3. The molecule has 1 aliphatic carbocycles. The minimum Gasteiger partial charge on any atom is -0.497 e. The number of rotatable bonds is 10. The molecule has 1 saturated heterocycles. The largest absolute Gasteiger partial charge is 0.497 e. The Balaban J connectivity index is 1.33. The molecule has 180 valence electrons. The molecule has 33 heavy (non-hydrogen) atoms. The number of ether oxygens (including phenoxy) is 1. The quantitative estimate of drug-likeness (QED) is 0.516. The Morgan fingerprint density at radius 1 is 1.27 bits per heavy atom. The number of carboxylic acids is 1. The van der Waals surface area contributed by atoms with Crippen LogP contribution >= 0.6 is 11.8 Å². The molecule has 0 bridgehead atoms. The van der Waals surface area contributed by atoms with Crippen molar-refractivity contribution in [3.8, 4) is 5.75 Å². The molecule has 0 unspecified atom stereocenters. The van der Waals surface area contributed by atoms with E-state index in [-0.39, 0.29) is 11.8 Å². The highest BCUT2D eigenvalue weighted by Gasteiger charge is 2.34. The fraction of sp³-hybridized carbons (Fsp3) is 0.615. The Bertz CT molecular complexity index is 934. The topological polar surface area (TPSA) is 82.9 Å². The summed E-state index contributed by atoms with van der Waals surface area (Å²) in [5, 5.41) is 22.6. The standard InChI is InChI=1S/C26H36N2O4S/c1-32-19-7-8-24-22(16-19)21(10-12-27-24)25(29)9-6-18-11-13-28(17-23(18)26(30)31)14-15-33-20-4-2-3-5-20/h7-8,10,12,16,18,20,23,25,29H,2-6,9,11,13-15,17H2,1H3,(H,30,31)/t18-,23+,25+/m1/s1. The Labute approximate surface area is 200 Å². The minimum absolute atomic E-state index is 0.0959. The monoisotopic (exact) mass is 472 g/mol. The molecule has 3 atom stereocenters. The SMILES string of the molecule is COc1ccc2nccc([C@@H](O)CC[C@@H]3CCN(CCSC4CCCC4)C[C@@H]3C(=O)O)c2c1. The lowest BCUT2D eigenvalue weighted by Crippen LogP contribution is -2.44. The number of carboxylic acid groups (broad SMARTS) is 1. The number of nitrogens with zero attached hydrogens (tertiary/aromatic N) is 2. The maximum Gasteiger partial charge on any atom is 0.308 e. The highest BCUT2D eigenvalue weighted by Crippen LogP contribution is 2.34. The first-order valence-electron chi connectivity index (χ1n) is 12.2. The van der Waals surface area contributed by atoms with Gasteiger partial charge in [-0.3, -0.25) is 9.78 Å². The summed E-state index contributed by atoms with van der Waals surface area (Å²) in [5.41, 5.74) is 1.65. The summed E-state index contributed by atoms with van der Waals surface area (Å²) in [6, 6.07) is 7.52. The molecule has 4 rings (SSSR count). The van der Waals surface area contributed by atoms with E-state index in [4.69, 9.17) is 4.74 Å². The lowest BCUT2D eigenvalue weighted by atomic mass is 9.81. The predicted octanol–water partition coefficient (Wildman–Crippen LogP) is 4.76. The fourth-order valence-electron chi connectivity index (χ4n) is 5.39. The average molecular weight is 473 g/mol. The number of benzene rings is 1. The molecule has 0 spiro atoms. The van der Waals surface area contributed by atoms with Crippen LogP contribution in [0.25, 0.3) is 10.9 Å². The van der Waals surface area contributed by atoms with Crippen LogP contribution in [0.4, 0.5) is 0 Å². The normalized spacial score (nSPS) is 23.1. The van der Waals surface area contributed by atoms with Gasteiger partial charge in [-0.05, 0) is 74.4 Å². The van der Waals surface area contributed by atoms with Gasteiger partial charge in [0.05, 0.1) is 24.6 Å². The fourth-order valence-corrected chi connectivity index (χ4v) is 6.76. The van der Waals surface area contributed by atoms with E-state index in [2.05, 4.69) is 21.6 Å². The zero-order valence-corrected chi connectivity index (χ0v) is 20.3. The maximum atomic E-state index is 12.0. The van der Waals surface area contributed by atoms with Gasteiger partial charge in [0.25, 0.3) is 0 Å². The average Bonchev–Trinajstić information content (AvgIpc) is 3.35. The van der Waals surface area contributed by atoms with E-state index in [0.717, 1.165) is 52.7 Å². The van der Waals surface area contributed by atoms with Gasteiger partial charge in [0, 0.05) is 35.7 Å². The smallest absolute Gasteiger partial charge is 0.308 e. The van der Waals surface area contributed by atoms with Crippen molar-refractivity contribution in [1.82, 2.24) is 9.88 Å². The second-order valence-corrected chi connectivity index (χ2v) is 10.9. The summed E-state index contributed by atoms with van der Waals surface area (Å²) < 4.78 is 5.34. The van der Waals surface area contributed by atoms with Crippen LogP contribution in [0.2, 0.25) is 0 Å². The van der Waals surface area contributed by atoms with Crippen molar-refractivity contribution in [1.29, 1.82) is 0 Å². The van der Waals surface area contributed by atoms with Crippen LogP contribution < -0.4 is 4.74 Å². The number of pyridine rings is 1. The van der Waals surface area contributed by atoms with E-state index in [1.54, 1.807) is 13.3 Å². The van der Waals surface area contributed by atoms with Crippen molar-refractivity contribution in [3.63, 3.8) is 0 Å². The van der Waals surface area contributed by atoms with Gasteiger partial charge in [-0.25, -0.2) is 0 Å². The Morgan fingerprint density at radius 3 is 2.85 bits per heavy atom. The van der Waals surface area contributed by atoms with E-state index < -0.39 is 12.1 Å². The van der Waals surface area contributed by atoms with E-state index in [1.165, 1.54) is 25.7 Å². The van der Waals surface area contributed by atoms with Gasteiger partial charge in [-0.15, -0.1) is 0 Å². The van der Waals surface area contributed by atoms with Gasteiger partial charge in [-0.1, -0.05) is 12.8 Å². The van der Waals surface area contributed by atoms with Crippen molar-refractivity contribution >= 4 is 28.6 Å². The number of aliphatic hydroxyl groups is 1. The molecule has 2 aromatic rings. The molecule has 0 amide bonds. The molecular formula is C26H36N2O4S. The van der Waals surface area contributed by atoms with E-state index in [1.807, 2.05) is 24.3 Å². The highest BCUT2D eigenvalue weighted by atomic mass is 32.2. The molecule has 1 saturated carbocycles. The zero-order chi connectivity index (χ0) is 23.2. The van der Waals surface area contributed by atoms with Crippen LogP contribution in [-0.2, 0) is 4.79 Å². The van der Waals surface area contributed by atoms with Gasteiger partial charge in [0.2, 0.25) is 0 Å². The lowest BCUT2D eigenvalue weighted by molar-refractivity contribution is -0.146. The number of aliphatic carboxylic acids is 1. The van der Waals surface area contributed by atoms with Gasteiger partial charge >= 0.3 is 5.97 Å². The van der Waals surface area contributed by atoms with Crippen molar-refractivity contribution in [2.24, 2.45) is 11.8 Å². The van der Waals surface area contributed by atoms with Crippen LogP contribution in [0.1, 0.15) is 56.6 Å². The Kier molecular flexibility index (Phi) is 8.50. The van der Waals surface area contributed by atoms with Crippen molar-refractivity contribution < 1.29 is 19.7 Å². The number of methoxy groups -OCH3 is 1. The number of piperidine rings is 1. The van der Waals surface area contributed by atoms with E-state index >= 15 is 0 Å². The number of carbonyl (C=O) groups is 1. The number of hydrogen-bond acceptors (Lipinski definition) is 6. The van der Waals surface area contributed by atoms with Gasteiger partial charge in [0.1, 0.15) is 5.75 Å². The third kappa shape index (κ3) is 6.19. The second kappa shape index (κ2) is 11.5. The third-order valence-electron chi connectivity index (χ3n) is 7.37. The van der Waals surface area contributed by atoms with E-state index in [0.29, 0.717) is 19.4 Å². The number of fused-ring (bicyclic) bond motifs is 1. The van der Waals surface area contributed by atoms with Crippen molar-refractivity contribution in [2.75, 3.05) is 32.5 Å². The van der Waals surface area contributed by atoms with Crippen LogP contribution in [0.5, 0.6) is 5.75 Å². The van der Waals surface area contributed by atoms with Gasteiger partial charge in [0.15, 0.2) is 0 Å². The Hall–Kier alpha value is -1.83. The molecule has 1 aromatic heterocycles. The summed E-state index contributed by atoms with van der Waals surface area (Å²) in [6.45, 7) is 2.55. The van der Waals surface area contributed by atoms with Crippen LogP contribution in [0, 0.1) is 11.8 Å². The Morgan fingerprint density at radius 2 is 2.09 bits per heavy atom. The van der Waals surface area contributed by atoms with Gasteiger partial charge in [-0.2, -0.15) is 11.8 Å². The molecule has 6 nitrogen and oxygen atoms in total. The summed E-state index contributed by atoms with van der Waals surface area (Å²) in [5.74, 6) is 0.851.